The van der Waals surface area contributed by atoms with Crippen molar-refractivity contribution in [3.05, 3.63) is 29.3 Å². The first-order valence-corrected chi connectivity index (χ1v) is 6.54. The van der Waals surface area contributed by atoms with Crippen molar-refractivity contribution in [2.24, 2.45) is 0 Å². The molecule has 18 heavy (non-hydrogen) atoms. The van der Waals surface area contributed by atoms with Crippen LogP contribution in [0.15, 0.2) is 24.3 Å². The van der Waals surface area contributed by atoms with E-state index in [4.69, 9.17) is 16.9 Å². The highest BCUT2D eigenvalue weighted by Crippen LogP contribution is 2.26. The molecule has 1 saturated heterocycles. The van der Waals surface area contributed by atoms with E-state index in [-0.39, 0.29) is 11.6 Å². The molecule has 0 radical (unpaired) electrons. The maximum absolute atomic E-state index is 8.94. The number of hydrogen-bond acceptors (Lipinski definition) is 3. The molecule has 1 atom stereocenters. The molecule has 3 nitrogen and oxygen atoms in total. The van der Waals surface area contributed by atoms with Crippen molar-refractivity contribution in [3.8, 4) is 6.07 Å². The minimum absolute atomic E-state index is 0.0499. The van der Waals surface area contributed by atoms with E-state index in [9.17, 15) is 0 Å². The summed E-state index contributed by atoms with van der Waals surface area (Å²) in [6, 6.07) is 10.3. The van der Waals surface area contributed by atoms with Crippen LogP contribution in [0.4, 0.5) is 5.69 Å². The van der Waals surface area contributed by atoms with Gasteiger partial charge in [-0.05, 0) is 32.0 Å². The zero-order chi connectivity index (χ0) is 13.2. The molecule has 1 aliphatic rings. The molecule has 1 aromatic carbocycles. The van der Waals surface area contributed by atoms with E-state index in [0.29, 0.717) is 6.42 Å². The van der Waals surface area contributed by atoms with Gasteiger partial charge in [-0.25, -0.2) is 0 Å². The van der Waals surface area contributed by atoms with E-state index in [1.54, 1.807) is 0 Å². The van der Waals surface area contributed by atoms with Gasteiger partial charge in [0.2, 0.25) is 0 Å². The first kappa shape index (κ1) is 13.2. The van der Waals surface area contributed by atoms with Gasteiger partial charge in [0.05, 0.1) is 18.5 Å². The molecule has 0 bridgehead atoms. The quantitative estimate of drug-likeness (QED) is 0.892. The number of nitrogens with zero attached hydrogens (tertiary/aromatic N) is 2. The van der Waals surface area contributed by atoms with Gasteiger partial charge in [-0.3, -0.25) is 0 Å². The van der Waals surface area contributed by atoms with E-state index in [2.05, 4.69) is 36.2 Å². The summed E-state index contributed by atoms with van der Waals surface area (Å²) < 4.78 is 0. The Hall–Kier alpha value is -1.24. The van der Waals surface area contributed by atoms with Crippen LogP contribution < -0.4 is 10.2 Å². The SMILES string of the molecule is CC1(C)CN(c2cccc(Cl)c2)C(CC#N)CN1. The highest BCUT2D eigenvalue weighted by Gasteiger charge is 2.32. The molecule has 1 heterocycles. The number of anilines is 1. The van der Waals surface area contributed by atoms with Gasteiger partial charge in [-0.1, -0.05) is 17.7 Å². The van der Waals surface area contributed by atoms with Gasteiger partial charge in [0, 0.05) is 29.3 Å². The van der Waals surface area contributed by atoms with Crippen molar-refractivity contribution >= 4 is 17.3 Å². The summed E-state index contributed by atoms with van der Waals surface area (Å²) in [4.78, 5) is 2.28. The monoisotopic (exact) mass is 263 g/mol. The van der Waals surface area contributed by atoms with Crippen LogP contribution in [-0.4, -0.2) is 24.7 Å². The van der Waals surface area contributed by atoms with Crippen molar-refractivity contribution < 1.29 is 0 Å². The molecule has 96 valence electrons. The normalized spacial score (nSPS) is 22.6. The summed E-state index contributed by atoms with van der Waals surface area (Å²) in [5.41, 5.74) is 1.14. The Morgan fingerprint density at radius 2 is 2.33 bits per heavy atom. The van der Waals surface area contributed by atoms with Gasteiger partial charge < -0.3 is 10.2 Å². The fraction of sp³-hybridized carbons (Fsp3) is 0.500. The third kappa shape index (κ3) is 2.95. The number of nitriles is 1. The molecule has 0 amide bonds. The minimum atomic E-state index is 0.0499. The molecule has 0 spiro atoms. The number of rotatable bonds is 2. The maximum Gasteiger partial charge on any atom is 0.0643 e. The standard InChI is InChI=1S/C14H18ClN3/c1-14(2)10-18(13(6-7-16)9-17-14)12-5-3-4-11(15)8-12/h3-5,8,13,17H,6,9-10H2,1-2H3. The summed E-state index contributed by atoms with van der Waals surface area (Å²) in [7, 11) is 0. The van der Waals surface area contributed by atoms with E-state index in [1.807, 2.05) is 18.2 Å². The van der Waals surface area contributed by atoms with Crippen LogP contribution in [-0.2, 0) is 0 Å². The second-order valence-corrected chi connectivity index (χ2v) is 5.83. The Kier molecular flexibility index (Phi) is 3.79. The average molecular weight is 264 g/mol. The molecule has 2 rings (SSSR count). The summed E-state index contributed by atoms with van der Waals surface area (Å²) in [6.07, 6.45) is 0.523. The summed E-state index contributed by atoms with van der Waals surface area (Å²) in [6.45, 7) is 6.05. The molecule has 1 unspecified atom stereocenters. The van der Waals surface area contributed by atoms with Gasteiger partial charge in [-0.2, -0.15) is 5.26 Å². The Morgan fingerprint density at radius 3 is 3.00 bits per heavy atom. The van der Waals surface area contributed by atoms with Crippen LogP contribution in [0.1, 0.15) is 20.3 Å². The number of halogens is 1. The molecule has 4 heteroatoms. The summed E-state index contributed by atoms with van der Waals surface area (Å²) in [5, 5.41) is 13.2. The third-order valence-electron chi connectivity index (χ3n) is 3.29. The van der Waals surface area contributed by atoms with Crippen LogP contribution >= 0.6 is 11.6 Å². The van der Waals surface area contributed by atoms with Crippen LogP contribution in [0.25, 0.3) is 0 Å². The number of piperazine rings is 1. The topological polar surface area (TPSA) is 39.1 Å². The smallest absolute Gasteiger partial charge is 0.0643 e. The predicted octanol–water partition coefficient (Wildman–Crippen LogP) is 2.81. The lowest BCUT2D eigenvalue weighted by Crippen LogP contribution is -2.61. The van der Waals surface area contributed by atoms with E-state index in [1.165, 1.54) is 0 Å². The number of benzene rings is 1. The van der Waals surface area contributed by atoms with Crippen molar-refractivity contribution in [2.75, 3.05) is 18.0 Å². The van der Waals surface area contributed by atoms with Crippen LogP contribution in [0.2, 0.25) is 5.02 Å². The largest absolute Gasteiger partial charge is 0.364 e. The van der Waals surface area contributed by atoms with Crippen molar-refractivity contribution in [2.45, 2.75) is 31.8 Å². The summed E-state index contributed by atoms with van der Waals surface area (Å²) >= 11 is 6.05. The molecule has 1 aliphatic heterocycles. The van der Waals surface area contributed by atoms with Crippen molar-refractivity contribution in [3.63, 3.8) is 0 Å². The Balaban J connectivity index is 2.27. The Labute approximate surface area is 113 Å². The molecule has 1 fully saturated rings. The fourth-order valence-corrected chi connectivity index (χ4v) is 2.54. The first-order chi connectivity index (χ1) is 8.52. The highest BCUT2D eigenvalue weighted by molar-refractivity contribution is 6.30. The van der Waals surface area contributed by atoms with Gasteiger partial charge >= 0.3 is 0 Å². The van der Waals surface area contributed by atoms with Crippen LogP contribution in [0.5, 0.6) is 0 Å². The van der Waals surface area contributed by atoms with Crippen molar-refractivity contribution in [1.82, 2.24) is 5.32 Å². The molecule has 0 aromatic heterocycles. The molecular formula is C14H18ClN3. The van der Waals surface area contributed by atoms with Crippen LogP contribution in [0.3, 0.4) is 0 Å². The first-order valence-electron chi connectivity index (χ1n) is 6.16. The lowest BCUT2D eigenvalue weighted by molar-refractivity contribution is 0.311. The van der Waals surface area contributed by atoms with Crippen molar-refractivity contribution in [1.29, 1.82) is 5.26 Å². The molecule has 0 saturated carbocycles. The number of nitrogens with one attached hydrogen (secondary N) is 1. The molecule has 1 N–H and O–H groups in total. The van der Waals surface area contributed by atoms with Crippen LogP contribution in [0, 0.1) is 11.3 Å². The molecule has 0 aliphatic carbocycles. The highest BCUT2D eigenvalue weighted by atomic mass is 35.5. The lowest BCUT2D eigenvalue weighted by Gasteiger charge is -2.45. The van der Waals surface area contributed by atoms with Gasteiger partial charge in [0.1, 0.15) is 0 Å². The second kappa shape index (κ2) is 5.17. The Bertz CT molecular complexity index is 464. The van der Waals surface area contributed by atoms with Gasteiger partial charge in [-0.15, -0.1) is 0 Å². The van der Waals surface area contributed by atoms with E-state index < -0.39 is 0 Å². The maximum atomic E-state index is 8.94. The molecule has 1 aromatic rings. The zero-order valence-corrected chi connectivity index (χ0v) is 11.5. The third-order valence-corrected chi connectivity index (χ3v) is 3.52. The predicted molar refractivity (Wildman–Crippen MR) is 74.9 cm³/mol. The lowest BCUT2D eigenvalue weighted by atomic mass is 9.97. The minimum Gasteiger partial charge on any atom is -0.364 e. The second-order valence-electron chi connectivity index (χ2n) is 5.39. The van der Waals surface area contributed by atoms with E-state index in [0.717, 1.165) is 23.8 Å². The van der Waals surface area contributed by atoms with E-state index >= 15 is 0 Å². The zero-order valence-electron chi connectivity index (χ0n) is 10.8. The van der Waals surface area contributed by atoms with Gasteiger partial charge in [0.25, 0.3) is 0 Å². The summed E-state index contributed by atoms with van der Waals surface area (Å²) in [5.74, 6) is 0. The average Bonchev–Trinajstić information content (AvgIpc) is 2.31. The Morgan fingerprint density at radius 1 is 1.56 bits per heavy atom. The fourth-order valence-electron chi connectivity index (χ4n) is 2.36. The van der Waals surface area contributed by atoms with Gasteiger partial charge in [0.15, 0.2) is 0 Å². The number of hydrogen-bond donors (Lipinski definition) is 1. The molecular weight excluding hydrogens is 246 g/mol.